The Morgan fingerprint density at radius 2 is 2.05 bits per heavy atom. The Labute approximate surface area is 139 Å². The second-order valence-corrected chi connectivity index (χ2v) is 6.54. The molecule has 124 valence electrons. The minimum absolute atomic E-state index is 0. The maximum absolute atomic E-state index is 12.7. The van der Waals surface area contributed by atoms with Crippen molar-refractivity contribution < 1.29 is 9.53 Å². The van der Waals surface area contributed by atoms with E-state index in [0.29, 0.717) is 13.0 Å². The maximum atomic E-state index is 12.7. The summed E-state index contributed by atoms with van der Waals surface area (Å²) in [6.07, 6.45) is 0.599. The van der Waals surface area contributed by atoms with Crippen molar-refractivity contribution in [3.63, 3.8) is 0 Å². The third kappa shape index (κ3) is 2.87. The average molecular weight is 327 g/mol. The van der Waals surface area contributed by atoms with E-state index in [1.807, 2.05) is 52.8 Å². The van der Waals surface area contributed by atoms with Crippen LogP contribution in [0.3, 0.4) is 0 Å². The van der Waals surface area contributed by atoms with E-state index in [2.05, 4.69) is 5.32 Å². The van der Waals surface area contributed by atoms with E-state index in [1.165, 1.54) is 0 Å². The number of hydrogen-bond donors (Lipinski definition) is 2. The summed E-state index contributed by atoms with van der Waals surface area (Å²) in [6, 6.07) is 5.88. The summed E-state index contributed by atoms with van der Waals surface area (Å²) in [5, 5.41) is 2.99. The van der Waals surface area contributed by atoms with Gasteiger partial charge in [0.1, 0.15) is 5.54 Å². The van der Waals surface area contributed by atoms with Crippen LogP contribution in [0.1, 0.15) is 38.3 Å². The minimum atomic E-state index is -0.886. The van der Waals surface area contributed by atoms with E-state index in [4.69, 9.17) is 10.5 Å². The van der Waals surface area contributed by atoms with Crippen molar-refractivity contribution in [2.45, 2.75) is 52.7 Å². The largest absolute Gasteiger partial charge is 0.378 e. The number of benzene rings is 1. The summed E-state index contributed by atoms with van der Waals surface area (Å²) >= 11 is 0. The summed E-state index contributed by atoms with van der Waals surface area (Å²) in [5.74, 6) is -0.128. The van der Waals surface area contributed by atoms with Crippen molar-refractivity contribution in [2.24, 2.45) is 11.1 Å². The van der Waals surface area contributed by atoms with Gasteiger partial charge in [-0.25, -0.2) is 0 Å². The third-order valence-electron chi connectivity index (χ3n) is 5.09. The number of hydrogen-bond acceptors (Lipinski definition) is 3. The van der Waals surface area contributed by atoms with Crippen molar-refractivity contribution >= 4 is 24.0 Å². The number of anilines is 1. The molecule has 1 aromatic rings. The van der Waals surface area contributed by atoms with Gasteiger partial charge < -0.3 is 15.8 Å². The van der Waals surface area contributed by atoms with Crippen LogP contribution >= 0.6 is 12.4 Å². The zero-order valence-electron chi connectivity index (χ0n) is 14.0. The lowest BCUT2D eigenvalue weighted by molar-refractivity contribution is -0.166. The lowest BCUT2D eigenvalue weighted by Crippen LogP contribution is -2.74. The van der Waals surface area contributed by atoms with Gasteiger partial charge in [-0.05, 0) is 38.0 Å². The van der Waals surface area contributed by atoms with Gasteiger partial charge in [0.05, 0.1) is 6.10 Å². The molecule has 1 amide bonds. The molecule has 1 fully saturated rings. The van der Waals surface area contributed by atoms with Crippen LogP contribution in [0, 0.1) is 19.3 Å². The van der Waals surface area contributed by atoms with Crippen molar-refractivity contribution in [3.8, 4) is 0 Å². The fraction of sp³-hybridized carbons (Fsp3) is 0.588. The van der Waals surface area contributed by atoms with Gasteiger partial charge in [0, 0.05) is 24.1 Å². The summed E-state index contributed by atoms with van der Waals surface area (Å²) in [7, 11) is 0. The molecule has 22 heavy (non-hydrogen) atoms. The first-order chi connectivity index (χ1) is 9.74. The van der Waals surface area contributed by atoms with Gasteiger partial charge in [-0.3, -0.25) is 4.79 Å². The normalized spacial score (nSPS) is 25.8. The Morgan fingerprint density at radius 1 is 1.41 bits per heavy atom. The molecule has 0 aliphatic heterocycles. The molecule has 0 spiro atoms. The predicted molar refractivity (Wildman–Crippen MR) is 92.5 cm³/mol. The molecule has 0 radical (unpaired) electrons. The van der Waals surface area contributed by atoms with Gasteiger partial charge in [-0.1, -0.05) is 26.0 Å². The van der Waals surface area contributed by atoms with Crippen LogP contribution in [0.4, 0.5) is 5.69 Å². The minimum Gasteiger partial charge on any atom is -0.378 e. The van der Waals surface area contributed by atoms with Crippen LogP contribution in [-0.2, 0) is 9.53 Å². The van der Waals surface area contributed by atoms with Crippen LogP contribution in [0.15, 0.2) is 18.2 Å². The van der Waals surface area contributed by atoms with Crippen molar-refractivity contribution in [1.82, 2.24) is 0 Å². The molecule has 1 saturated carbocycles. The second kappa shape index (κ2) is 6.57. The van der Waals surface area contributed by atoms with E-state index >= 15 is 0 Å². The zero-order chi connectivity index (χ0) is 15.8. The maximum Gasteiger partial charge on any atom is 0.245 e. The molecule has 2 unspecified atom stereocenters. The molecule has 0 heterocycles. The van der Waals surface area contributed by atoms with Gasteiger partial charge in [-0.15, -0.1) is 12.4 Å². The second-order valence-electron chi connectivity index (χ2n) is 6.54. The van der Waals surface area contributed by atoms with E-state index in [9.17, 15) is 4.79 Å². The highest BCUT2D eigenvalue weighted by Gasteiger charge is 2.62. The van der Waals surface area contributed by atoms with E-state index in [1.54, 1.807) is 0 Å². The van der Waals surface area contributed by atoms with Gasteiger partial charge in [0.15, 0.2) is 0 Å². The monoisotopic (exact) mass is 326 g/mol. The fourth-order valence-electron chi connectivity index (χ4n) is 2.94. The number of aryl methyl sites for hydroxylation is 1. The highest BCUT2D eigenvalue weighted by atomic mass is 35.5. The summed E-state index contributed by atoms with van der Waals surface area (Å²) in [5.41, 5.74) is 8.19. The van der Waals surface area contributed by atoms with Crippen LogP contribution in [0.5, 0.6) is 0 Å². The number of amides is 1. The molecule has 5 heteroatoms. The molecule has 1 aromatic carbocycles. The molecule has 2 rings (SSSR count). The third-order valence-corrected chi connectivity index (χ3v) is 5.09. The number of rotatable bonds is 4. The molecule has 0 bridgehead atoms. The number of nitrogens with two attached hydrogens (primary N) is 1. The topological polar surface area (TPSA) is 64.3 Å². The summed E-state index contributed by atoms with van der Waals surface area (Å²) in [4.78, 5) is 12.7. The molecule has 0 saturated heterocycles. The molecule has 1 aliphatic carbocycles. The first kappa shape index (κ1) is 18.9. The first-order valence-electron chi connectivity index (χ1n) is 7.52. The van der Waals surface area contributed by atoms with Crippen molar-refractivity contribution in [3.05, 3.63) is 29.3 Å². The molecular weight excluding hydrogens is 300 g/mol. The quantitative estimate of drug-likeness (QED) is 0.893. The molecular formula is C17H27ClN2O2. The van der Waals surface area contributed by atoms with E-state index < -0.39 is 5.54 Å². The Kier molecular flexibility index (Phi) is 5.66. The Bertz CT molecular complexity index is 560. The standard InChI is InChI=1S/C17H26N2O2.ClH/c1-6-21-14-10-17(18,16(14,4)5)15(20)19-13-9-7-8-11(2)12(13)3;/h7-9,14H,6,10,18H2,1-5H3,(H,19,20);1H. The first-order valence-corrected chi connectivity index (χ1v) is 7.52. The van der Waals surface area contributed by atoms with Gasteiger partial charge in [0.25, 0.3) is 0 Å². The van der Waals surface area contributed by atoms with Crippen molar-refractivity contribution in [2.75, 3.05) is 11.9 Å². The van der Waals surface area contributed by atoms with Crippen LogP contribution < -0.4 is 11.1 Å². The predicted octanol–water partition coefficient (Wildman–Crippen LogP) is 3.20. The molecule has 3 N–H and O–H groups in total. The molecule has 2 atom stereocenters. The van der Waals surface area contributed by atoms with Gasteiger partial charge in [0.2, 0.25) is 5.91 Å². The van der Waals surface area contributed by atoms with Crippen LogP contribution in [0.25, 0.3) is 0 Å². The van der Waals surface area contributed by atoms with Gasteiger partial charge >= 0.3 is 0 Å². The Balaban J connectivity index is 0.00000242. The molecule has 0 aromatic heterocycles. The highest BCUT2D eigenvalue weighted by Crippen LogP contribution is 2.50. The van der Waals surface area contributed by atoms with Crippen LogP contribution in [0.2, 0.25) is 0 Å². The average Bonchev–Trinajstić information content (AvgIpc) is 2.43. The number of halogens is 1. The van der Waals surface area contributed by atoms with Crippen molar-refractivity contribution in [1.29, 1.82) is 0 Å². The number of nitrogens with one attached hydrogen (secondary N) is 1. The Hall–Kier alpha value is -1.10. The number of ether oxygens (including phenoxy) is 1. The van der Waals surface area contributed by atoms with Gasteiger partial charge in [-0.2, -0.15) is 0 Å². The fourth-order valence-corrected chi connectivity index (χ4v) is 2.94. The van der Waals surface area contributed by atoms with E-state index in [0.717, 1.165) is 16.8 Å². The molecule has 1 aliphatic rings. The summed E-state index contributed by atoms with van der Waals surface area (Å²) < 4.78 is 5.67. The number of carbonyl (C=O) groups is 1. The lowest BCUT2D eigenvalue weighted by atomic mass is 9.54. The van der Waals surface area contributed by atoms with Crippen LogP contribution in [-0.4, -0.2) is 24.2 Å². The summed E-state index contributed by atoms with van der Waals surface area (Å²) in [6.45, 7) is 10.6. The SMILES string of the molecule is CCOC1CC(N)(C(=O)Nc2cccc(C)c2C)C1(C)C.Cl. The zero-order valence-corrected chi connectivity index (χ0v) is 14.8. The smallest absolute Gasteiger partial charge is 0.245 e. The van der Waals surface area contributed by atoms with E-state index in [-0.39, 0.29) is 29.8 Å². The Morgan fingerprint density at radius 3 is 2.59 bits per heavy atom. The highest BCUT2D eigenvalue weighted by molar-refractivity contribution is 6.00. The number of carbonyl (C=O) groups excluding carboxylic acids is 1. The lowest BCUT2D eigenvalue weighted by Gasteiger charge is -2.57. The molecule has 4 nitrogen and oxygen atoms in total.